The van der Waals surface area contributed by atoms with Crippen LogP contribution < -0.4 is 16.4 Å². The molecule has 8 heteroatoms. The molecule has 2 aromatic rings. The molecule has 0 atom stereocenters. The molecule has 0 aromatic carbocycles. The van der Waals surface area contributed by atoms with E-state index in [1.165, 1.54) is 24.5 Å². The number of hydrogen-bond donors (Lipinski definition) is 3. The number of halogens is 1. The van der Waals surface area contributed by atoms with Gasteiger partial charge in [0, 0.05) is 30.6 Å². The molecule has 1 aliphatic carbocycles. The zero-order chi connectivity index (χ0) is 20.7. The first-order valence-corrected chi connectivity index (χ1v) is 9.26. The van der Waals surface area contributed by atoms with Crippen LogP contribution in [0.2, 0.25) is 0 Å². The summed E-state index contributed by atoms with van der Waals surface area (Å²) >= 11 is 0. The fourth-order valence-corrected chi connectivity index (χ4v) is 3.17. The monoisotopic (exact) mass is 394 g/mol. The molecule has 1 fully saturated rings. The van der Waals surface area contributed by atoms with Crippen LogP contribution in [0.1, 0.15) is 25.0 Å². The Morgan fingerprint density at radius 1 is 1.34 bits per heavy atom. The van der Waals surface area contributed by atoms with Gasteiger partial charge in [-0.05, 0) is 37.1 Å². The summed E-state index contributed by atoms with van der Waals surface area (Å²) in [5, 5.41) is 5.72. The van der Waals surface area contributed by atoms with Gasteiger partial charge in [-0.15, -0.1) is 0 Å². The standard InChI is InChI=1S/C21H23FN6O/c1-2-15(19(29)28-16-6-3-10-24-13-16)12-26-20(23)27-14-21(8-5-9-21)18-17(22)7-4-11-25-18/h2-4,6-7,10-13H,1,5,8-9,14H2,(H,28,29)(H3,23,26,27)/b15-12+. The number of nitrogens with one attached hydrogen (secondary N) is 2. The minimum Gasteiger partial charge on any atom is -0.370 e. The predicted molar refractivity (Wildman–Crippen MR) is 110 cm³/mol. The van der Waals surface area contributed by atoms with E-state index >= 15 is 0 Å². The number of aliphatic imine (C=N–C) groups is 1. The van der Waals surface area contributed by atoms with E-state index in [9.17, 15) is 9.18 Å². The molecule has 7 nitrogen and oxygen atoms in total. The molecule has 0 aliphatic heterocycles. The van der Waals surface area contributed by atoms with E-state index < -0.39 is 5.41 Å². The zero-order valence-corrected chi connectivity index (χ0v) is 15.9. The first-order chi connectivity index (χ1) is 14.0. The van der Waals surface area contributed by atoms with Gasteiger partial charge in [-0.1, -0.05) is 19.1 Å². The van der Waals surface area contributed by atoms with Crippen LogP contribution in [0.15, 0.2) is 72.3 Å². The Morgan fingerprint density at radius 3 is 2.76 bits per heavy atom. The number of aromatic nitrogens is 2. The molecule has 1 saturated carbocycles. The summed E-state index contributed by atoms with van der Waals surface area (Å²) in [6.45, 7) is 4.05. The number of carbonyl (C=O) groups excluding carboxylic acids is 1. The van der Waals surface area contributed by atoms with E-state index in [1.54, 1.807) is 30.6 Å². The largest absolute Gasteiger partial charge is 0.370 e. The number of amides is 1. The lowest BCUT2D eigenvalue weighted by molar-refractivity contribution is -0.112. The summed E-state index contributed by atoms with van der Waals surface area (Å²) < 4.78 is 14.2. The van der Waals surface area contributed by atoms with E-state index in [2.05, 4.69) is 32.2 Å². The number of pyridine rings is 2. The first kappa shape index (κ1) is 20.2. The molecular formula is C21H23FN6O. The lowest BCUT2D eigenvalue weighted by Gasteiger charge is -2.41. The summed E-state index contributed by atoms with van der Waals surface area (Å²) in [5.74, 6) is -0.567. The number of nitrogens with two attached hydrogens (primary N) is 1. The van der Waals surface area contributed by atoms with Crippen molar-refractivity contribution in [1.29, 1.82) is 0 Å². The van der Waals surface area contributed by atoms with Crippen molar-refractivity contribution in [2.24, 2.45) is 10.7 Å². The van der Waals surface area contributed by atoms with Gasteiger partial charge >= 0.3 is 0 Å². The van der Waals surface area contributed by atoms with Crippen LogP contribution >= 0.6 is 0 Å². The third-order valence-corrected chi connectivity index (χ3v) is 4.92. The average molecular weight is 394 g/mol. The molecule has 29 heavy (non-hydrogen) atoms. The van der Waals surface area contributed by atoms with Crippen LogP contribution in [0.25, 0.3) is 0 Å². The molecule has 1 amide bonds. The Bertz CT molecular complexity index is 937. The minimum atomic E-state index is -0.395. The van der Waals surface area contributed by atoms with Crippen LogP contribution in [0.3, 0.4) is 0 Å². The Labute approximate surface area is 168 Å². The normalized spacial score (nSPS) is 15.9. The van der Waals surface area contributed by atoms with E-state index in [4.69, 9.17) is 5.73 Å². The Kier molecular flexibility index (Phi) is 6.33. The smallest absolute Gasteiger partial charge is 0.257 e. The van der Waals surface area contributed by atoms with Crippen LogP contribution in [0.5, 0.6) is 0 Å². The van der Waals surface area contributed by atoms with Crippen LogP contribution in [-0.4, -0.2) is 28.4 Å². The van der Waals surface area contributed by atoms with Crippen molar-refractivity contribution in [1.82, 2.24) is 15.3 Å². The van der Waals surface area contributed by atoms with Crippen molar-refractivity contribution < 1.29 is 9.18 Å². The molecule has 0 radical (unpaired) electrons. The Hall–Kier alpha value is -3.55. The van der Waals surface area contributed by atoms with Crippen molar-refractivity contribution in [2.75, 3.05) is 11.9 Å². The number of guanidine groups is 1. The van der Waals surface area contributed by atoms with Gasteiger partial charge in [0.05, 0.1) is 23.2 Å². The Balaban J connectivity index is 1.64. The van der Waals surface area contributed by atoms with E-state index in [0.717, 1.165) is 19.3 Å². The summed E-state index contributed by atoms with van der Waals surface area (Å²) in [6, 6.07) is 6.43. The van der Waals surface area contributed by atoms with Crippen molar-refractivity contribution in [3.05, 3.63) is 78.8 Å². The van der Waals surface area contributed by atoms with Crippen molar-refractivity contribution in [3.8, 4) is 0 Å². The highest BCUT2D eigenvalue weighted by Gasteiger charge is 2.41. The first-order valence-electron chi connectivity index (χ1n) is 9.26. The predicted octanol–water partition coefficient (Wildman–Crippen LogP) is 2.65. The third kappa shape index (κ3) is 4.84. The lowest BCUT2D eigenvalue weighted by Crippen LogP contribution is -2.48. The highest BCUT2D eigenvalue weighted by atomic mass is 19.1. The van der Waals surface area contributed by atoms with Crippen molar-refractivity contribution in [3.63, 3.8) is 0 Å². The molecule has 150 valence electrons. The van der Waals surface area contributed by atoms with Gasteiger partial charge in [-0.3, -0.25) is 14.8 Å². The number of anilines is 1. The summed E-state index contributed by atoms with van der Waals surface area (Å²) in [6.07, 6.45) is 10.1. The van der Waals surface area contributed by atoms with Gasteiger partial charge < -0.3 is 16.4 Å². The van der Waals surface area contributed by atoms with E-state index in [-0.39, 0.29) is 23.3 Å². The second-order valence-electron chi connectivity index (χ2n) is 6.82. The summed E-state index contributed by atoms with van der Waals surface area (Å²) in [7, 11) is 0. The van der Waals surface area contributed by atoms with E-state index in [1.807, 2.05) is 0 Å². The highest BCUT2D eigenvalue weighted by molar-refractivity contribution is 6.05. The highest BCUT2D eigenvalue weighted by Crippen LogP contribution is 2.43. The van der Waals surface area contributed by atoms with Crippen molar-refractivity contribution in [2.45, 2.75) is 24.7 Å². The van der Waals surface area contributed by atoms with Gasteiger partial charge in [-0.25, -0.2) is 9.38 Å². The SMILES string of the molecule is C=C/C(=C\N=C(/N)NCC1(c2ncccc2F)CCC1)C(=O)Nc1cccnc1. The molecule has 3 rings (SSSR count). The van der Waals surface area contributed by atoms with Gasteiger partial charge in [0.2, 0.25) is 0 Å². The molecule has 0 spiro atoms. The van der Waals surface area contributed by atoms with Crippen LogP contribution in [0, 0.1) is 5.82 Å². The second kappa shape index (κ2) is 9.09. The van der Waals surface area contributed by atoms with Gasteiger partial charge in [0.15, 0.2) is 5.96 Å². The molecule has 0 saturated heterocycles. The molecule has 4 N–H and O–H groups in total. The molecule has 0 unspecified atom stereocenters. The van der Waals surface area contributed by atoms with E-state index in [0.29, 0.717) is 17.9 Å². The number of hydrogen-bond acceptors (Lipinski definition) is 4. The van der Waals surface area contributed by atoms with Gasteiger partial charge in [0.25, 0.3) is 5.91 Å². The fraction of sp³-hybridized carbons (Fsp3) is 0.238. The molecule has 2 heterocycles. The summed E-state index contributed by atoms with van der Waals surface area (Å²) in [4.78, 5) is 24.5. The second-order valence-corrected chi connectivity index (χ2v) is 6.82. The zero-order valence-electron chi connectivity index (χ0n) is 15.9. The van der Waals surface area contributed by atoms with Gasteiger partial charge in [0.1, 0.15) is 5.82 Å². The molecule has 0 bridgehead atoms. The van der Waals surface area contributed by atoms with Crippen LogP contribution in [-0.2, 0) is 10.2 Å². The van der Waals surface area contributed by atoms with Gasteiger partial charge in [-0.2, -0.15) is 0 Å². The minimum absolute atomic E-state index is 0.126. The lowest BCUT2D eigenvalue weighted by atomic mass is 9.66. The molecule has 2 aromatic heterocycles. The maximum atomic E-state index is 14.2. The topological polar surface area (TPSA) is 105 Å². The quantitative estimate of drug-likeness (QED) is 0.290. The van der Waals surface area contributed by atoms with Crippen molar-refractivity contribution >= 4 is 17.6 Å². The molecular weight excluding hydrogens is 371 g/mol. The van der Waals surface area contributed by atoms with Crippen LogP contribution in [0.4, 0.5) is 10.1 Å². The maximum Gasteiger partial charge on any atom is 0.257 e. The maximum absolute atomic E-state index is 14.2. The summed E-state index contributed by atoms with van der Waals surface area (Å²) in [5.41, 5.74) is 6.79. The Morgan fingerprint density at radius 2 is 2.14 bits per heavy atom. The number of nitrogens with zero attached hydrogens (tertiary/aromatic N) is 3. The number of rotatable bonds is 7. The fourth-order valence-electron chi connectivity index (χ4n) is 3.17. The molecule has 1 aliphatic rings. The number of carbonyl (C=O) groups is 1. The average Bonchev–Trinajstić information content (AvgIpc) is 2.69. The third-order valence-electron chi connectivity index (χ3n) is 4.92.